The van der Waals surface area contributed by atoms with Gasteiger partial charge in [0.05, 0.1) is 14.2 Å². The van der Waals surface area contributed by atoms with E-state index in [0.29, 0.717) is 23.9 Å². The van der Waals surface area contributed by atoms with E-state index in [0.717, 1.165) is 12.1 Å². The van der Waals surface area contributed by atoms with Crippen molar-refractivity contribution in [2.75, 3.05) is 21.3 Å². The van der Waals surface area contributed by atoms with E-state index in [-0.39, 0.29) is 0 Å². The highest BCUT2D eigenvalue weighted by Gasteiger charge is 2.12. The van der Waals surface area contributed by atoms with E-state index in [4.69, 9.17) is 14.2 Å². The molecule has 0 unspecified atom stereocenters. The van der Waals surface area contributed by atoms with Crippen LogP contribution >= 0.6 is 0 Å². The average molecular weight is 287 g/mol. The summed E-state index contributed by atoms with van der Waals surface area (Å²) in [7, 11) is 5.17. The molecule has 0 saturated carbocycles. The Kier molecular flexibility index (Phi) is 5.46. The summed E-state index contributed by atoms with van der Waals surface area (Å²) in [4.78, 5) is 0. The molecule has 0 amide bonds. The van der Waals surface area contributed by atoms with Crippen molar-refractivity contribution >= 4 is 0 Å². The maximum Gasteiger partial charge on any atom is 0.203 e. The lowest BCUT2D eigenvalue weighted by Crippen LogP contribution is -2.09. The summed E-state index contributed by atoms with van der Waals surface area (Å²) in [5, 5.41) is 3.16. The summed E-state index contributed by atoms with van der Waals surface area (Å²) in [6.45, 7) is 1.27. The molecule has 112 valence electrons. The van der Waals surface area contributed by atoms with Crippen molar-refractivity contribution in [3.63, 3.8) is 0 Å². The van der Waals surface area contributed by atoms with E-state index in [2.05, 4.69) is 17.4 Å². The van der Waals surface area contributed by atoms with Crippen LogP contribution in [0.2, 0.25) is 0 Å². The largest absolute Gasteiger partial charge is 0.493 e. The lowest BCUT2D eigenvalue weighted by atomic mass is 10.1. The van der Waals surface area contributed by atoms with Gasteiger partial charge in [-0.1, -0.05) is 30.3 Å². The molecule has 0 bridgehead atoms. The van der Waals surface area contributed by atoms with Crippen LogP contribution in [-0.2, 0) is 13.2 Å². The van der Waals surface area contributed by atoms with Crippen LogP contribution in [0.4, 0.5) is 0 Å². The number of benzene rings is 2. The Morgan fingerprint density at radius 2 is 1.48 bits per heavy atom. The average Bonchev–Trinajstić information content (AvgIpc) is 2.54. The van der Waals surface area contributed by atoms with E-state index in [1.165, 1.54) is 5.56 Å². The number of nitrogens with one attached hydrogen (secondary N) is 1. The first kappa shape index (κ1) is 15.2. The van der Waals surface area contributed by atoms with E-state index < -0.39 is 0 Å². The first-order valence-electron chi connectivity index (χ1n) is 6.85. The smallest absolute Gasteiger partial charge is 0.203 e. The maximum absolute atomic E-state index is 5.95. The fraction of sp³-hybridized carbons (Fsp3) is 0.294. The molecule has 0 aliphatic carbocycles. The Hall–Kier alpha value is -2.20. The lowest BCUT2D eigenvalue weighted by molar-refractivity contribution is 0.265. The van der Waals surface area contributed by atoms with Gasteiger partial charge >= 0.3 is 0 Å². The zero-order chi connectivity index (χ0) is 15.1. The molecule has 2 rings (SSSR count). The van der Waals surface area contributed by atoms with Crippen LogP contribution in [0.1, 0.15) is 11.1 Å². The van der Waals surface area contributed by atoms with Crippen molar-refractivity contribution in [2.45, 2.75) is 13.2 Å². The highest BCUT2D eigenvalue weighted by molar-refractivity contribution is 5.51. The minimum atomic E-state index is 0.467. The molecule has 0 aromatic heterocycles. The fourth-order valence-electron chi connectivity index (χ4n) is 2.17. The molecule has 0 atom stereocenters. The summed E-state index contributed by atoms with van der Waals surface area (Å²) in [6, 6.07) is 13.8. The molecule has 0 aliphatic rings. The zero-order valence-electron chi connectivity index (χ0n) is 12.7. The quantitative estimate of drug-likeness (QED) is 0.850. The number of ether oxygens (including phenoxy) is 3. The monoisotopic (exact) mass is 287 g/mol. The molecule has 0 spiro atoms. The van der Waals surface area contributed by atoms with Crippen molar-refractivity contribution < 1.29 is 14.2 Å². The molecule has 0 heterocycles. The fourth-order valence-corrected chi connectivity index (χ4v) is 2.17. The molecule has 2 aromatic rings. The van der Waals surface area contributed by atoms with E-state index in [9.17, 15) is 0 Å². The van der Waals surface area contributed by atoms with Crippen molar-refractivity contribution in [3.05, 3.63) is 53.6 Å². The summed E-state index contributed by atoms with van der Waals surface area (Å²) in [5.74, 6) is 1.96. The molecule has 2 aromatic carbocycles. The third-order valence-electron chi connectivity index (χ3n) is 3.24. The molecule has 1 N–H and O–H groups in total. The van der Waals surface area contributed by atoms with E-state index in [1.54, 1.807) is 14.2 Å². The maximum atomic E-state index is 5.95. The number of methoxy groups -OCH3 is 2. The number of hydrogen-bond acceptors (Lipinski definition) is 4. The third-order valence-corrected chi connectivity index (χ3v) is 3.24. The van der Waals surface area contributed by atoms with Crippen LogP contribution in [-0.4, -0.2) is 21.3 Å². The second-order valence-electron chi connectivity index (χ2n) is 4.58. The van der Waals surface area contributed by atoms with Gasteiger partial charge in [-0.15, -0.1) is 0 Å². The van der Waals surface area contributed by atoms with Crippen molar-refractivity contribution in [2.24, 2.45) is 0 Å². The molecule has 0 fully saturated rings. The van der Waals surface area contributed by atoms with Gasteiger partial charge in [-0.3, -0.25) is 0 Å². The van der Waals surface area contributed by atoms with Crippen LogP contribution in [0, 0.1) is 0 Å². The number of para-hydroxylation sites is 1. The molecule has 21 heavy (non-hydrogen) atoms. The van der Waals surface area contributed by atoms with Gasteiger partial charge < -0.3 is 19.5 Å². The Bertz CT molecular complexity index is 562. The molecule has 0 aliphatic heterocycles. The minimum absolute atomic E-state index is 0.467. The highest BCUT2D eigenvalue weighted by Crippen LogP contribution is 2.37. The molecule has 0 radical (unpaired) electrons. The molecule has 0 saturated heterocycles. The standard InChI is InChI=1S/C17H21NO3/c1-18-11-13-7-4-5-8-14(13)12-21-17-15(19-2)9-6-10-16(17)20-3/h4-10,18H,11-12H2,1-3H3. The third kappa shape index (κ3) is 3.67. The zero-order valence-corrected chi connectivity index (χ0v) is 12.7. The van der Waals surface area contributed by atoms with Gasteiger partial charge in [-0.25, -0.2) is 0 Å². The summed E-state index contributed by atoms with van der Waals surface area (Å²) >= 11 is 0. The second-order valence-corrected chi connectivity index (χ2v) is 4.58. The van der Waals surface area contributed by atoms with Crippen LogP contribution in [0.25, 0.3) is 0 Å². The Balaban J connectivity index is 2.20. The highest BCUT2D eigenvalue weighted by atomic mass is 16.5. The Morgan fingerprint density at radius 3 is 2.05 bits per heavy atom. The summed E-state index contributed by atoms with van der Waals surface area (Å²) in [5.41, 5.74) is 2.36. The SMILES string of the molecule is CNCc1ccccc1COc1c(OC)cccc1OC. The van der Waals surface area contributed by atoms with E-state index in [1.807, 2.05) is 37.4 Å². The topological polar surface area (TPSA) is 39.7 Å². The molecule has 4 nitrogen and oxygen atoms in total. The predicted octanol–water partition coefficient (Wildman–Crippen LogP) is 3.00. The van der Waals surface area contributed by atoms with Crippen LogP contribution in [0.5, 0.6) is 17.2 Å². The molecule has 4 heteroatoms. The summed E-state index contributed by atoms with van der Waals surface area (Å²) in [6.07, 6.45) is 0. The van der Waals surface area contributed by atoms with Crippen molar-refractivity contribution in [1.29, 1.82) is 0 Å². The first-order valence-corrected chi connectivity index (χ1v) is 6.85. The summed E-state index contributed by atoms with van der Waals surface area (Å²) < 4.78 is 16.6. The van der Waals surface area contributed by atoms with Gasteiger partial charge in [0.15, 0.2) is 11.5 Å². The van der Waals surface area contributed by atoms with Gasteiger partial charge in [0, 0.05) is 6.54 Å². The van der Waals surface area contributed by atoms with Crippen LogP contribution in [0.3, 0.4) is 0 Å². The van der Waals surface area contributed by atoms with E-state index >= 15 is 0 Å². The van der Waals surface area contributed by atoms with Crippen LogP contribution < -0.4 is 19.5 Å². The Morgan fingerprint density at radius 1 is 0.857 bits per heavy atom. The molecular weight excluding hydrogens is 266 g/mol. The van der Waals surface area contributed by atoms with Gasteiger partial charge in [0.2, 0.25) is 5.75 Å². The number of rotatable bonds is 7. The van der Waals surface area contributed by atoms with Gasteiger partial charge in [-0.05, 0) is 30.3 Å². The van der Waals surface area contributed by atoms with Crippen LogP contribution in [0.15, 0.2) is 42.5 Å². The number of hydrogen-bond donors (Lipinski definition) is 1. The van der Waals surface area contributed by atoms with Gasteiger partial charge in [-0.2, -0.15) is 0 Å². The lowest BCUT2D eigenvalue weighted by Gasteiger charge is -2.15. The minimum Gasteiger partial charge on any atom is -0.493 e. The molecular formula is C17H21NO3. The Labute approximate surface area is 125 Å². The van der Waals surface area contributed by atoms with Gasteiger partial charge in [0.1, 0.15) is 6.61 Å². The van der Waals surface area contributed by atoms with Gasteiger partial charge in [0.25, 0.3) is 0 Å². The predicted molar refractivity (Wildman–Crippen MR) is 83.1 cm³/mol. The second kappa shape index (κ2) is 7.55. The normalized spacial score (nSPS) is 10.2. The van der Waals surface area contributed by atoms with Crippen molar-refractivity contribution in [1.82, 2.24) is 5.32 Å². The first-order chi connectivity index (χ1) is 10.3. The van der Waals surface area contributed by atoms with Crippen molar-refractivity contribution in [3.8, 4) is 17.2 Å².